The Morgan fingerprint density at radius 2 is 1.82 bits per heavy atom. The van der Waals surface area contributed by atoms with Crippen molar-refractivity contribution in [3.8, 4) is 11.5 Å². The SMILES string of the molecule is O=C(N[C@H]1CCOc2ccccc21)[C@H]1Cc2ccccc2O1. The van der Waals surface area contributed by atoms with Crippen molar-refractivity contribution in [2.75, 3.05) is 6.61 Å². The van der Waals surface area contributed by atoms with E-state index in [4.69, 9.17) is 9.47 Å². The predicted molar refractivity (Wildman–Crippen MR) is 82.0 cm³/mol. The van der Waals surface area contributed by atoms with Crippen LogP contribution in [0.4, 0.5) is 0 Å². The quantitative estimate of drug-likeness (QED) is 0.926. The Kier molecular flexibility index (Phi) is 3.22. The molecule has 112 valence electrons. The zero-order valence-corrected chi connectivity index (χ0v) is 12.1. The van der Waals surface area contributed by atoms with Gasteiger partial charge in [-0.1, -0.05) is 36.4 Å². The fourth-order valence-electron chi connectivity index (χ4n) is 3.08. The van der Waals surface area contributed by atoms with Crippen LogP contribution < -0.4 is 14.8 Å². The van der Waals surface area contributed by atoms with Crippen LogP contribution in [-0.2, 0) is 11.2 Å². The lowest BCUT2D eigenvalue weighted by molar-refractivity contribution is -0.128. The summed E-state index contributed by atoms with van der Waals surface area (Å²) < 4.78 is 11.4. The maximum atomic E-state index is 12.5. The molecule has 0 aromatic heterocycles. The second-order valence-electron chi connectivity index (χ2n) is 5.65. The van der Waals surface area contributed by atoms with Crippen LogP contribution in [0.3, 0.4) is 0 Å². The lowest BCUT2D eigenvalue weighted by Crippen LogP contribution is -2.41. The summed E-state index contributed by atoms with van der Waals surface area (Å²) in [4.78, 5) is 12.5. The van der Waals surface area contributed by atoms with E-state index >= 15 is 0 Å². The molecule has 2 aliphatic heterocycles. The van der Waals surface area contributed by atoms with Gasteiger partial charge >= 0.3 is 0 Å². The molecule has 0 aliphatic carbocycles. The molecule has 2 heterocycles. The van der Waals surface area contributed by atoms with Gasteiger partial charge in [-0.15, -0.1) is 0 Å². The second-order valence-corrected chi connectivity index (χ2v) is 5.65. The van der Waals surface area contributed by atoms with Crippen LogP contribution in [0.5, 0.6) is 11.5 Å². The second kappa shape index (κ2) is 5.37. The average Bonchev–Trinajstić information content (AvgIpc) is 2.99. The third-order valence-corrected chi connectivity index (χ3v) is 4.21. The highest BCUT2D eigenvalue weighted by Crippen LogP contribution is 2.33. The Morgan fingerprint density at radius 3 is 2.68 bits per heavy atom. The lowest BCUT2D eigenvalue weighted by atomic mass is 10.00. The number of para-hydroxylation sites is 2. The zero-order chi connectivity index (χ0) is 14.9. The molecule has 0 saturated carbocycles. The molecule has 2 aliphatic rings. The normalized spacial score (nSPS) is 22.0. The van der Waals surface area contributed by atoms with Crippen molar-refractivity contribution in [1.29, 1.82) is 0 Å². The first-order valence-electron chi connectivity index (χ1n) is 7.58. The Hall–Kier alpha value is -2.49. The molecule has 0 spiro atoms. The summed E-state index contributed by atoms with van der Waals surface area (Å²) in [5.41, 5.74) is 2.13. The number of ether oxygens (including phenoxy) is 2. The van der Waals surface area contributed by atoms with Crippen molar-refractivity contribution >= 4 is 5.91 Å². The largest absolute Gasteiger partial charge is 0.493 e. The summed E-state index contributed by atoms with van der Waals surface area (Å²) >= 11 is 0. The van der Waals surface area contributed by atoms with Gasteiger partial charge in [0.25, 0.3) is 5.91 Å². The Labute approximate surface area is 129 Å². The highest BCUT2D eigenvalue weighted by molar-refractivity contribution is 5.83. The van der Waals surface area contributed by atoms with E-state index in [2.05, 4.69) is 5.32 Å². The van der Waals surface area contributed by atoms with Gasteiger partial charge in [-0.05, 0) is 17.7 Å². The standard InChI is InChI=1S/C18H17NO3/c20-18(17-11-12-5-1-3-7-15(12)22-17)19-14-9-10-21-16-8-4-2-6-13(14)16/h1-8,14,17H,9-11H2,(H,19,20)/t14-,17+/m0/s1. The average molecular weight is 295 g/mol. The monoisotopic (exact) mass is 295 g/mol. The van der Waals surface area contributed by atoms with Crippen LogP contribution in [0, 0.1) is 0 Å². The number of hydrogen-bond acceptors (Lipinski definition) is 3. The maximum absolute atomic E-state index is 12.5. The van der Waals surface area contributed by atoms with Gasteiger partial charge in [0.2, 0.25) is 0 Å². The third kappa shape index (κ3) is 2.30. The lowest BCUT2D eigenvalue weighted by Gasteiger charge is -2.27. The summed E-state index contributed by atoms with van der Waals surface area (Å²) in [6.45, 7) is 0.619. The molecular weight excluding hydrogens is 278 g/mol. The Morgan fingerprint density at radius 1 is 1.05 bits per heavy atom. The van der Waals surface area contributed by atoms with Crippen LogP contribution in [0.15, 0.2) is 48.5 Å². The van der Waals surface area contributed by atoms with Gasteiger partial charge in [0.05, 0.1) is 12.6 Å². The third-order valence-electron chi connectivity index (χ3n) is 4.21. The van der Waals surface area contributed by atoms with Gasteiger partial charge in [-0.3, -0.25) is 4.79 Å². The van der Waals surface area contributed by atoms with Crippen molar-refractivity contribution in [2.45, 2.75) is 25.0 Å². The van der Waals surface area contributed by atoms with Gasteiger partial charge in [-0.25, -0.2) is 0 Å². The molecule has 2 aromatic carbocycles. The summed E-state index contributed by atoms with van der Waals surface area (Å²) in [6.07, 6.45) is 0.974. The number of carbonyl (C=O) groups is 1. The van der Waals surface area contributed by atoms with E-state index < -0.39 is 6.10 Å². The summed E-state index contributed by atoms with van der Waals surface area (Å²) in [5.74, 6) is 1.61. The Bertz CT molecular complexity index is 688. The van der Waals surface area contributed by atoms with Gasteiger partial charge in [0.1, 0.15) is 11.5 Å². The van der Waals surface area contributed by atoms with Gasteiger partial charge in [-0.2, -0.15) is 0 Å². The summed E-state index contributed by atoms with van der Waals surface area (Å²) in [5, 5.41) is 3.11. The van der Waals surface area contributed by atoms with E-state index in [1.807, 2.05) is 48.5 Å². The number of carbonyl (C=O) groups excluding carboxylic acids is 1. The van der Waals surface area contributed by atoms with Gasteiger partial charge < -0.3 is 14.8 Å². The Balaban J connectivity index is 1.48. The number of amides is 1. The first-order valence-corrected chi connectivity index (χ1v) is 7.58. The molecule has 4 heteroatoms. The van der Waals surface area contributed by atoms with Crippen molar-refractivity contribution in [3.63, 3.8) is 0 Å². The minimum absolute atomic E-state index is 0.00948. The molecule has 22 heavy (non-hydrogen) atoms. The van der Waals surface area contributed by atoms with Gasteiger partial charge in [0, 0.05) is 18.4 Å². The molecule has 0 bridgehead atoms. The minimum Gasteiger partial charge on any atom is -0.493 e. The van der Waals surface area contributed by atoms with E-state index in [0.29, 0.717) is 13.0 Å². The molecule has 1 N–H and O–H groups in total. The highest BCUT2D eigenvalue weighted by Gasteiger charge is 2.31. The fourth-order valence-corrected chi connectivity index (χ4v) is 3.08. The van der Waals surface area contributed by atoms with Crippen LogP contribution in [0.1, 0.15) is 23.6 Å². The van der Waals surface area contributed by atoms with Crippen LogP contribution in [0.25, 0.3) is 0 Å². The first-order chi connectivity index (χ1) is 10.8. The summed E-state index contributed by atoms with van der Waals surface area (Å²) in [6, 6.07) is 15.7. The molecule has 2 atom stereocenters. The minimum atomic E-state index is -0.438. The number of benzene rings is 2. The number of hydrogen-bond donors (Lipinski definition) is 1. The molecule has 2 aromatic rings. The molecule has 4 nitrogen and oxygen atoms in total. The van der Waals surface area contributed by atoms with E-state index in [0.717, 1.165) is 29.0 Å². The summed E-state index contributed by atoms with van der Waals surface area (Å²) in [7, 11) is 0. The van der Waals surface area contributed by atoms with Crippen molar-refractivity contribution < 1.29 is 14.3 Å². The van der Waals surface area contributed by atoms with Crippen molar-refractivity contribution in [2.24, 2.45) is 0 Å². The molecule has 1 amide bonds. The predicted octanol–water partition coefficient (Wildman–Crippen LogP) is 2.63. The fraction of sp³-hybridized carbons (Fsp3) is 0.278. The van der Waals surface area contributed by atoms with Crippen LogP contribution >= 0.6 is 0 Å². The molecule has 4 rings (SSSR count). The smallest absolute Gasteiger partial charge is 0.261 e. The highest BCUT2D eigenvalue weighted by atomic mass is 16.5. The van der Waals surface area contributed by atoms with Crippen LogP contribution in [0.2, 0.25) is 0 Å². The topological polar surface area (TPSA) is 47.6 Å². The van der Waals surface area contributed by atoms with Gasteiger partial charge in [0.15, 0.2) is 6.10 Å². The van der Waals surface area contributed by atoms with E-state index in [-0.39, 0.29) is 11.9 Å². The van der Waals surface area contributed by atoms with Crippen molar-refractivity contribution in [3.05, 3.63) is 59.7 Å². The van der Waals surface area contributed by atoms with E-state index in [1.165, 1.54) is 0 Å². The maximum Gasteiger partial charge on any atom is 0.261 e. The van der Waals surface area contributed by atoms with E-state index in [9.17, 15) is 4.79 Å². The molecular formula is C18H17NO3. The van der Waals surface area contributed by atoms with Crippen molar-refractivity contribution in [1.82, 2.24) is 5.32 Å². The molecule has 0 unspecified atom stereocenters. The zero-order valence-electron chi connectivity index (χ0n) is 12.1. The molecule has 0 radical (unpaired) electrons. The van der Waals surface area contributed by atoms with E-state index in [1.54, 1.807) is 0 Å². The number of fused-ring (bicyclic) bond motifs is 2. The molecule has 0 saturated heterocycles. The number of rotatable bonds is 2. The number of nitrogens with one attached hydrogen (secondary N) is 1. The molecule has 0 fully saturated rings. The van der Waals surface area contributed by atoms with Crippen LogP contribution in [-0.4, -0.2) is 18.6 Å². The first kappa shape index (κ1) is 13.2.